The molecule has 3 nitrogen and oxygen atoms in total. The van der Waals surface area contributed by atoms with Crippen molar-refractivity contribution in [1.29, 1.82) is 0 Å². The first-order valence-electron chi connectivity index (χ1n) is 14.6. The molecule has 0 amide bonds. The van der Waals surface area contributed by atoms with Gasteiger partial charge in [-0.1, -0.05) is 118 Å². The monoisotopic (exact) mass is 507 g/mol. The smallest absolute Gasteiger partial charge is 0.488 e. The van der Waals surface area contributed by atoms with E-state index in [2.05, 4.69) is 39.1 Å². The average Bonchev–Trinajstić information content (AvgIpc) is 2.82. The van der Waals surface area contributed by atoms with Gasteiger partial charge in [0.2, 0.25) is 0 Å². The van der Waals surface area contributed by atoms with Crippen LogP contribution >= 0.6 is 15.5 Å². The Kier molecular flexibility index (Phi) is 31.0. The van der Waals surface area contributed by atoms with Gasteiger partial charge < -0.3 is 4.89 Å². The van der Waals surface area contributed by atoms with Crippen molar-refractivity contribution in [3.63, 3.8) is 0 Å². The first kappa shape index (κ1) is 35.6. The van der Waals surface area contributed by atoms with Crippen LogP contribution in [0.15, 0.2) is 0 Å². The molecular weight excluding hydrogens is 446 g/mol. The first-order chi connectivity index (χ1) is 16.0. The van der Waals surface area contributed by atoms with Gasteiger partial charge in [0.05, 0.1) is 24.6 Å². The fourth-order valence-electron chi connectivity index (χ4n) is 4.37. The van der Waals surface area contributed by atoms with Gasteiger partial charge >= 0.3 is 8.25 Å². The van der Waals surface area contributed by atoms with Gasteiger partial charge in [-0.2, -0.15) is 0 Å². The van der Waals surface area contributed by atoms with Crippen LogP contribution in [0.25, 0.3) is 0 Å². The molecular formula is C28H61O3P2+. The highest BCUT2D eigenvalue weighted by atomic mass is 31.2. The molecule has 0 fully saturated rings. The molecule has 0 aromatic carbocycles. The van der Waals surface area contributed by atoms with Gasteiger partial charge in [-0.25, -0.2) is 0 Å². The van der Waals surface area contributed by atoms with Crippen molar-refractivity contribution in [2.75, 3.05) is 31.3 Å². The Morgan fingerprint density at radius 3 is 1.12 bits per heavy atom. The lowest BCUT2D eigenvalue weighted by Crippen LogP contribution is -2.12. The van der Waals surface area contributed by atoms with Crippen LogP contribution < -0.4 is 4.89 Å². The van der Waals surface area contributed by atoms with E-state index in [1.54, 1.807) is 24.6 Å². The fraction of sp³-hybridized carbons (Fsp3) is 1.00. The van der Waals surface area contributed by atoms with Gasteiger partial charge in [0, 0.05) is 7.26 Å². The lowest BCUT2D eigenvalue weighted by molar-refractivity contribution is -0.185. The molecule has 1 atom stereocenters. The van der Waals surface area contributed by atoms with Crippen molar-refractivity contribution in [3.8, 4) is 0 Å². The van der Waals surface area contributed by atoms with Crippen molar-refractivity contribution >= 4 is 15.5 Å². The Bertz CT molecular complexity index is 354. The Morgan fingerprint density at radius 1 is 0.515 bits per heavy atom. The molecule has 0 saturated carbocycles. The molecule has 0 aromatic heterocycles. The molecule has 0 aliphatic carbocycles. The van der Waals surface area contributed by atoms with Crippen molar-refractivity contribution < 1.29 is 14.0 Å². The summed E-state index contributed by atoms with van der Waals surface area (Å²) in [5.74, 6) is 0. The third kappa shape index (κ3) is 26.9. The molecule has 0 N–H and O–H groups in total. The standard InChI is InChI=1S/C16H36P.C12H25O3P/c1-5-9-13-17(14-10-6-2,15-11-7-3)16-12-8-4;1-2-3-4-5-6-7-8-9-10-11-12-15-16(13)14/h5-16H2,1-4H3;2-12H2,1H3/q+1;. The van der Waals surface area contributed by atoms with Crippen LogP contribution in [0.5, 0.6) is 0 Å². The van der Waals surface area contributed by atoms with Gasteiger partial charge in [-0.3, -0.25) is 0 Å². The van der Waals surface area contributed by atoms with Gasteiger partial charge in [0.15, 0.2) is 0 Å². The van der Waals surface area contributed by atoms with Gasteiger partial charge in [-0.05, 0) is 36.7 Å². The summed E-state index contributed by atoms with van der Waals surface area (Å²) in [4.78, 5) is 10.1. The third-order valence-corrected chi connectivity index (χ3v) is 12.1. The number of rotatable bonds is 24. The minimum atomic E-state index is -2.64. The van der Waals surface area contributed by atoms with E-state index in [0.29, 0.717) is 6.61 Å². The van der Waals surface area contributed by atoms with Crippen molar-refractivity contribution in [2.24, 2.45) is 0 Å². The zero-order chi connectivity index (χ0) is 25.0. The Balaban J connectivity index is 0. The SMILES string of the molecule is CCCCCCCCCCCCO[P+](=O)[O-].CCCC[P+](CCCC)(CCCC)CCCC. The highest BCUT2D eigenvalue weighted by Crippen LogP contribution is 2.61. The summed E-state index contributed by atoms with van der Waals surface area (Å²) in [6, 6.07) is 0. The maximum atomic E-state index is 10.1. The van der Waals surface area contributed by atoms with Gasteiger partial charge in [0.1, 0.15) is 6.61 Å². The average molecular weight is 508 g/mol. The largest absolute Gasteiger partial charge is 0.566 e. The summed E-state index contributed by atoms with van der Waals surface area (Å²) in [5.41, 5.74) is 0. The van der Waals surface area contributed by atoms with Crippen LogP contribution in [0, 0.1) is 0 Å². The molecule has 0 aliphatic heterocycles. The van der Waals surface area contributed by atoms with E-state index in [1.807, 2.05) is 0 Å². The van der Waals surface area contributed by atoms with Crippen LogP contribution in [-0.4, -0.2) is 31.3 Å². The van der Waals surface area contributed by atoms with E-state index >= 15 is 0 Å². The highest BCUT2D eigenvalue weighted by molar-refractivity contribution is 7.75. The summed E-state index contributed by atoms with van der Waals surface area (Å²) >= 11 is 0. The summed E-state index contributed by atoms with van der Waals surface area (Å²) < 4.78 is 14.5. The van der Waals surface area contributed by atoms with E-state index < -0.39 is 15.5 Å². The van der Waals surface area contributed by atoms with Crippen LogP contribution in [0.3, 0.4) is 0 Å². The van der Waals surface area contributed by atoms with Gasteiger partial charge in [0.25, 0.3) is 0 Å². The van der Waals surface area contributed by atoms with Crippen LogP contribution in [-0.2, 0) is 9.09 Å². The van der Waals surface area contributed by atoms with Crippen molar-refractivity contribution in [1.82, 2.24) is 0 Å². The summed E-state index contributed by atoms with van der Waals surface area (Å²) in [6.45, 7) is 12.0. The number of unbranched alkanes of at least 4 members (excludes halogenated alkanes) is 13. The van der Waals surface area contributed by atoms with Crippen molar-refractivity contribution in [2.45, 2.75) is 150 Å². The first-order valence-corrected chi connectivity index (χ1v) is 18.3. The second-order valence-electron chi connectivity index (χ2n) is 9.89. The van der Waals surface area contributed by atoms with E-state index in [-0.39, 0.29) is 0 Å². The lowest BCUT2D eigenvalue weighted by Gasteiger charge is -2.28. The molecule has 0 bridgehead atoms. The molecule has 5 heteroatoms. The Labute approximate surface area is 210 Å². The van der Waals surface area contributed by atoms with Gasteiger partial charge in [-0.15, -0.1) is 4.52 Å². The summed E-state index contributed by atoms with van der Waals surface area (Å²) in [5, 5.41) is 0. The minimum absolute atomic E-state index is 0.356. The Morgan fingerprint density at radius 2 is 0.818 bits per heavy atom. The Hall–Kier alpha value is 0.450. The second-order valence-corrected chi connectivity index (χ2v) is 15.1. The minimum Gasteiger partial charge on any atom is -0.566 e. The van der Waals surface area contributed by atoms with Crippen molar-refractivity contribution in [3.05, 3.63) is 0 Å². The summed E-state index contributed by atoms with van der Waals surface area (Å²) in [6.07, 6.45) is 30.5. The molecule has 0 heterocycles. The molecule has 0 rings (SSSR count). The van der Waals surface area contributed by atoms with Crippen LogP contribution in [0.4, 0.5) is 0 Å². The molecule has 200 valence electrons. The van der Waals surface area contributed by atoms with E-state index in [0.717, 1.165) is 12.8 Å². The maximum absolute atomic E-state index is 10.1. The molecule has 33 heavy (non-hydrogen) atoms. The summed E-state index contributed by atoms with van der Waals surface area (Å²) in [7, 11) is -3.20. The lowest BCUT2D eigenvalue weighted by atomic mass is 10.1. The molecule has 0 radical (unpaired) electrons. The molecule has 0 aromatic rings. The second kappa shape index (κ2) is 28.7. The molecule has 0 spiro atoms. The maximum Gasteiger partial charge on any atom is 0.488 e. The predicted octanol–water partition coefficient (Wildman–Crippen LogP) is 10.1. The van der Waals surface area contributed by atoms with E-state index in [9.17, 15) is 9.46 Å². The third-order valence-electron chi connectivity index (χ3n) is 6.64. The fourth-order valence-corrected chi connectivity index (χ4v) is 9.94. The van der Waals surface area contributed by atoms with Crippen LogP contribution in [0.2, 0.25) is 0 Å². The molecule has 0 aliphatic rings. The molecule has 0 saturated heterocycles. The van der Waals surface area contributed by atoms with Crippen LogP contribution in [0.1, 0.15) is 150 Å². The topological polar surface area (TPSA) is 49.4 Å². The van der Waals surface area contributed by atoms with E-state index in [4.69, 9.17) is 0 Å². The predicted molar refractivity (Wildman–Crippen MR) is 151 cm³/mol. The zero-order valence-electron chi connectivity index (χ0n) is 23.4. The van der Waals surface area contributed by atoms with E-state index in [1.165, 1.54) is 103 Å². The molecule has 1 unspecified atom stereocenters. The number of hydrogen-bond acceptors (Lipinski definition) is 3. The highest BCUT2D eigenvalue weighted by Gasteiger charge is 2.34. The zero-order valence-corrected chi connectivity index (χ0v) is 25.2. The number of hydrogen-bond donors (Lipinski definition) is 0. The quantitative estimate of drug-likeness (QED) is 0.0964. The normalized spacial score (nSPS) is 11.9.